The lowest BCUT2D eigenvalue weighted by Crippen LogP contribution is -2.17. The Morgan fingerprint density at radius 3 is 2.52 bits per heavy atom. The molecule has 7 nitrogen and oxygen atoms in total. The number of carboxylic acid groups (broad SMARTS) is 1. The topological polar surface area (TPSA) is 93.8 Å². The van der Waals surface area contributed by atoms with Crippen molar-refractivity contribution in [1.82, 2.24) is 14.6 Å². The second kappa shape index (κ2) is 5.04. The molecule has 0 amide bonds. The van der Waals surface area contributed by atoms with Gasteiger partial charge in [0.1, 0.15) is 0 Å². The van der Waals surface area contributed by atoms with Gasteiger partial charge in [0, 0.05) is 12.1 Å². The zero-order valence-corrected chi connectivity index (χ0v) is 10.5. The maximum Gasteiger partial charge on any atom is 0.433 e. The molecule has 0 saturated heterocycles. The maximum atomic E-state index is 13.0. The molecule has 2 aromatic heterocycles. The van der Waals surface area contributed by atoms with E-state index in [9.17, 15) is 22.8 Å². The number of rotatable bonds is 3. The molecule has 0 aliphatic carbocycles. The maximum absolute atomic E-state index is 13.0. The van der Waals surface area contributed by atoms with Gasteiger partial charge < -0.3 is 9.84 Å². The standard InChI is InChI=1S/C11H8F3N3O4/c1-2-21-10(20)6-3-7(11(12,13)14)17-8(15-6)4-5(16-17)9(18)19/h3-4H,2H2,1H3,(H,18,19). The lowest BCUT2D eigenvalue weighted by Gasteiger charge is -2.10. The van der Waals surface area contributed by atoms with Crippen LogP contribution in [0.2, 0.25) is 0 Å². The molecule has 2 heterocycles. The Kier molecular flexibility index (Phi) is 3.54. The van der Waals surface area contributed by atoms with Crippen LogP contribution in [0, 0.1) is 0 Å². The number of carbonyl (C=O) groups is 2. The van der Waals surface area contributed by atoms with E-state index in [1.54, 1.807) is 0 Å². The lowest BCUT2D eigenvalue weighted by atomic mass is 10.3. The fraction of sp³-hybridized carbons (Fsp3) is 0.273. The van der Waals surface area contributed by atoms with Crippen LogP contribution in [0.25, 0.3) is 5.65 Å². The van der Waals surface area contributed by atoms with Gasteiger partial charge in [0.25, 0.3) is 0 Å². The van der Waals surface area contributed by atoms with E-state index in [1.165, 1.54) is 6.92 Å². The van der Waals surface area contributed by atoms with Crippen LogP contribution < -0.4 is 0 Å². The van der Waals surface area contributed by atoms with Crippen molar-refractivity contribution in [2.45, 2.75) is 13.1 Å². The molecule has 0 saturated carbocycles. The number of esters is 1. The fourth-order valence-electron chi connectivity index (χ4n) is 1.59. The van der Waals surface area contributed by atoms with Crippen molar-refractivity contribution in [3.05, 3.63) is 29.2 Å². The monoisotopic (exact) mass is 303 g/mol. The number of carbonyl (C=O) groups excluding carboxylic acids is 1. The summed E-state index contributed by atoms with van der Waals surface area (Å²) < 4.78 is 43.8. The highest BCUT2D eigenvalue weighted by Gasteiger charge is 2.36. The summed E-state index contributed by atoms with van der Waals surface area (Å²) in [7, 11) is 0. The summed E-state index contributed by atoms with van der Waals surface area (Å²) in [5.74, 6) is -2.55. The molecule has 10 heteroatoms. The van der Waals surface area contributed by atoms with Gasteiger partial charge in [0.15, 0.2) is 22.7 Å². The summed E-state index contributed by atoms with van der Waals surface area (Å²) in [6.45, 7) is 1.45. The molecule has 0 aliphatic rings. The van der Waals surface area contributed by atoms with Gasteiger partial charge in [-0.05, 0) is 6.92 Å². The number of hydrogen-bond donors (Lipinski definition) is 1. The van der Waals surface area contributed by atoms with Crippen LogP contribution in [0.3, 0.4) is 0 Å². The van der Waals surface area contributed by atoms with E-state index in [0.29, 0.717) is 10.6 Å². The predicted octanol–water partition coefficient (Wildman–Crippen LogP) is 1.62. The zero-order valence-electron chi connectivity index (χ0n) is 10.5. The molecule has 21 heavy (non-hydrogen) atoms. The van der Waals surface area contributed by atoms with Crippen molar-refractivity contribution in [2.75, 3.05) is 6.61 Å². The molecule has 2 aromatic rings. The normalized spacial score (nSPS) is 11.6. The minimum Gasteiger partial charge on any atom is -0.476 e. The first-order valence-corrected chi connectivity index (χ1v) is 5.62. The molecule has 0 aromatic carbocycles. The summed E-state index contributed by atoms with van der Waals surface area (Å²) in [6, 6.07) is 1.30. The van der Waals surface area contributed by atoms with Crippen molar-refractivity contribution in [3.63, 3.8) is 0 Å². The summed E-state index contributed by atoms with van der Waals surface area (Å²) in [4.78, 5) is 25.9. The van der Waals surface area contributed by atoms with Crippen molar-refractivity contribution < 1.29 is 32.6 Å². The van der Waals surface area contributed by atoms with Gasteiger partial charge in [-0.2, -0.15) is 18.3 Å². The molecule has 0 spiro atoms. The second-order valence-corrected chi connectivity index (χ2v) is 3.85. The Hall–Kier alpha value is -2.65. The zero-order chi connectivity index (χ0) is 15.8. The first-order chi connectivity index (χ1) is 9.74. The van der Waals surface area contributed by atoms with Crippen LogP contribution in [0.4, 0.5) is 13.2 Å². The number of carboxylic acids is 1. The van der Waals surface area contributed by atoms with E-state index in [-0.39, 0.29) is 6.61 Å². The minimum absolute atomic E-state index is 0.0350. The smallest absolute Gasteiger partial charge is 0.433 e. The number of nitrogens with zero attached hydrogens (tertiary/aromatic N) is 3. The summed E-state index contributed by atoms with van der Waals surface area (Å²) in [5.41, 5.74) is -2.92. The van der Waals surface area contributed by atoms with E-state index in [4.69, 9.17) is 5.11 Å². The second-order valence-electron chi connectivity index (χ2n) is 3.85. The quantitative estimate of drug-likeness (QED) is 0.866. The number of alkyl halides is 3. The number of aromatic carboxylic acids is 1. The molecule has 0 radical (unpaired) electrons. The first kappa shape index (κ1) is 14.8. The van der Waals surface area contributed by atoms with Crippen LogP contribution in [0.15, 0.2) is 12.1 Å². The van der Waals surface area contributed by atoms with Crippen LogP contribution in [0.1, 0.15) is 33.6 Å². The van der Waals surface area contributed by atoms with Crippen molar-refractivity contribution in [3.8, 4) is 0 Å². The Morgan fingerprint density at radius 2 is 2.00 bits per heavy atom. The molecule has 0 fully saturated rings. The number of hydrogen-bond acceptors (Lipinski definition) is 5. The highest BCUT2D eigenvalue weighted by molar-refractivity contribution is 5.89. The molecule has 0 bridgehead atoms. The van der Waals surface area contributed by atoms with Gasteiger partial charge in [-0.15, -0.1) is 0 Å². The average Bonchev–Trinajstić information content (AvgIpc) is 2.80. The molecule has 2 rings (SSSR count). The van der Waals surface area contributed by atoms with Crippen LogP contribution >= 0.6 is 0 Å². The number of aromatic nitrogens is 3. The first-order valence-electron chi connectivity index (χ1n) is 5.62. The van der Waals surface area contributed by atoms with E-state index in [2.05, 4.69) is 14.8 Å². The molecular formula is C11H8F3N3O4. The Bertz CT molecular complexity index is 723. The molecule has 0 atom stereocenters. The summed E-state index contributed by atoms with van der Waals surface area (Å²) in [5, 5.41) is 12.1. The average molecular weight is 303 g/mol. The molecule has 0 aliphatic heterocycles. The van der Waals surface area contributed by atoms with Gasteiger partial charge in [-0.3, -0.25) is 0 Å². The Balaban J connectivity index is 2.70. The van der Waals surface area contributed by atoms with Crippen molar-refractivity contribution >= 4 is 17.6 Å². The van der Waals surface area contributed by atoms with Gasteiger partial charge in [0.2, 0.25) is 0 Å². The Morgan fingerprint density at radius 1 is 1.33 bits per heavy atom. The van der Waals surface area contributed by atoms with E-state index in [0.717, 1.165) is 6.07 Å². The lowest BCUT2D eigenvalue weighted by molar-refractivity contribution is -0.142. The van der Waals surface area contributed by atoms with Crippen LogP contribution in [0.5, 0.6) is 0 Å². The van der Waals surface area contributed by atoms with E-state index in [1.807, 2.05) is 0 Å². The minimum atomic E-state index is -4.84. The van der Waals surface area contributed by atoms with Gasteiger partial charge >= 0.3 is 18.1 Å². The molecule has 0 unspecified atom stereocenters. The highest BCUT2D eigenvalue weighted by Crippen LogP contribution is 2.30. The third kappa shape index (κ3) is 2.78. The van der Waals surface area contributed by atoms with Crippen molar-refractivity contribution in [2.24, 2.45) is 0 Å². The largest absolute Gasteiger partial charge is 0.476 e. The summed E-state index contributed by atoms with van der Waals surface area (Å²) >= 11 is 0. The molecular weight excluding hydrogens is 295 g/mol. The number of ether oxygens (including phenoxy) is 1. The third-order valence-corrected chi connectivity index (χ3v) is 2.42. The molecule has 1 N–H and O–H groups in total. The third-order valence-electron chi connectivity index (χ3n) is 2.42. The fourth-order valence-corrected chi connectivity index (χ4v) is 1.59. The van der Waals surface area contributed by atoms with Crippen LogP contribution in [-0.4, -0.2) is 38.3 Å². The summed E-state index contributed by atoms with van der Waals surface area (Å²) in [6.07, 6.45) is -4.84. The molecule has 112 valence electrons. The van der Waals surface area contributed by atoms with Crippen molar-refractivity contribution in [1.29, 1.82) is 0 Å². The highest BCUT2D eigenvalue weighted by atomic mass is 19.4. The number of halogens is 3. The predicted molar refractivity (Wildman–Crippen MR) is 60.9 cm³/mol. The number of fused-ring (bicyclic) bond motifs is 1. The Labute approximate surface area is 115 Å². The van der Waals surface area contributed by atoms with Gasteiger partial charge in [0.05, 0.1) is 6.61 Å². The van der Waals surface area contributed by atoms with E-state index < -0.39 is 40.8 Å². The van der Waals surface area contributed by atoms with Gasteiger partial charge in [-0.25, -0.2) is 19.1 Å². The SMILES string of the molecule is CCOC(=O)c1cc(C(F)(F)F)n2nc(C(=O)O)cc2n1. The van der Waals surface area contributed by atoms with Crippen LogP contribution in [-0.2, 0) is 10.9 Å². The van der Waals surface area contributed by atoms with Gasteiger partial charge in [-0.1, -0.05) is 0 Å². The van der Waals surface area contributed by atoms with E-state index >= 15 is 0 Å².